The maximum absolute atomic E-state index is 10.8. The summed E-state index contributed by atoms with van der Waals surface area (Å²) in [7, 11) is 1.33. The highest BCUT2D eigenvalue weighted by atomic mass is 32.1. The highest BCUT2D eigenvalue weighted by molar-refractivity contribution is 7.72. The fourth-order valence-electron chi connectivity index (χ4n) is 0.871. The van der Waals surface area contributed by atoms with Crippen molar-refractivity contribution >= 4 is 30.4 Å². The fourth-order valence-corrected chi connectivity index (χ4v) is 1.37. The molecule has 15 heavy (non-hydrogen) atoms. The molecule has 0 saturated carbocycles. The van der Waals surface area contributed by atoms with Gasteiger partial charge in [-0.2, -0.15) is 0 Å². The van der Waals surface area contributed by atoms with E-state index in [2.05, 4.69) is 25.1 Å². The lowest BCUT2D eigenvalue weighted by Crippen LogP contribution is -2.13. The fraction of sp³-hybridized carbons (Fsp3) is 0.429. The Balaban J connectivity index is 2.88. The van der Waals surface area contributed by atoms with Gasteiger partial charge in [0.1, 0.15) is 14.6 Å². The number of methoxy groups -OCH3 is 1. The van der Waals surface area contributed by atoms with E-state index < -0.39 is 0 Å². The van der Waals surface area contributed by atoms with Gasteiger partial charge in [-0.25, -0.2) is 5.21 Å². The van der Waals surface area contributed by atoms with Gasteiger partial charge >= 0.3 is 5.97 Å². The number of rotatable bonds is 3. The second-order valence-corrected chi connectivity index (χ2v) is 3.41. The van der Waals surface area contributed by atoms with Crippen molar-refractivity contribution in [3.05, 3.63) is 14.6 Å². The number of aromatic nitrogens is 3. The molecule has 8 heteroatoms. The molecule has 1 aromatic rings. The van der Waals surface area contributed by atoms with Crippen molar-refractivity contribution in [2.24, 2.45) is 4.99 Å². The molecule has 3 N–H and O–H groups in total. The van der Waals surface area contributed by atoms with Gasteiger partial charge in [0, 0.05) is 0 Å². The third-order valence-electron chi connectivity index (χ3n) is 1.60. The Bertz CT molecular complexity index is 481. The number of carbonyl (C=O) groups is 1. The minimum Gasteiger partial charge on any atom is -0.469 e. The molecule has 0 bridgehead atoms. The highest BCUT2D eigenvalue weighted by Gasteiger charge is 1.97. The van der Waals surface area contributed by atoms with Gasteiger partial charge < -0.3 is 4.74 Å². The average Bonchev–Trinajstić information content (AvgIpc) is 2.22. The van der Waals surface area contributed by atoms with Crippen LogP contribution in [0, 0.1) is 9.28 Å². The molecule has 1 aromatic heterocycles. The monoisotopic (exact) mass is 246 g/mol. The zero-order valence-corrected chi connectivity index (χ0v) is 9.63. The van der Waals surface area contributed by atoms with Crippen LogP contribution in [0.15, 0.2) is 4.99 Å². The molecule has 0 aliphatic carbocycles. The molecule has 6 nitrogen and oxygen atoms in total. The molecule has 1 rings (SSSR count). The van der Waals surface area contributed by atoms with E-state index in [0.29, 0.717) is 21.2 Å². The number of carbonyl (C=O) groups excluding carboxylic acids is 1. The standard InChI is InChI=1S/C7H10N4O2S2/c1-13-4(12)2-3-8-5-6(14)9-11-10-7(5)15/h2-3H2,1H3,(H,8,11)(H2,9,10,14,15). The van der Waals surface area contributed by atoms with Crippen LogP contribution in [0.3, 0.4) is 0 Å². The van der Waals surface area contributed by atoms with Gasteiger partial charge in [-0.3, -0.25) is 20.0 Å². The maximum Gasteiger partial charge on any atom is 0.307 e. The van der Waals surface area contributed by atoms with Crippen molar-refractivity contribution in [2.75, 3.05) is 13.7 Å². The van der Waals surface area contributed by atoms with Crippen molar-refractivity contribution in [3.8, 4) is 0 Å². The van der Waals surface area contributed by atoms with Crippen LogP contribution in [-0.4, -0.2) is 35.0 Å². The Morgan fingerprint density at radius 2 is 2.00 bits per heavy atom. The number of ether oxygens (including phenoxy) is 1. The van der Waals surface area contributed by atoms with Crippen LogP contribution in [0.2, 0.25) is 0 Å². The van der Waals surface area contributed by atoms with Crippen LogP contribution in [-0.2, 0) is 9.53 Å². The minimum atomic E-state index is -0.314. The molecule has 0 radical (unpaired) electrons. The van der Waals surface area contributed by atoms with Crippen molar-refractivity contribution < 1.29 is 9.53 Å². The van der Waals surface area contributed by atoms with E-state index in [1.807, 2.05) is 0 Å². The van der Waals surface area contributed by atoms with E-state index >= 15 is 0 Å². The summed E-state index contributed by atoms with van der Waals surface area (Å²) >= 11 is 9.93. The van der Waals surface area contributed by atoms with E-state index in [-0.39, 0.29) is 12.4 Å². The summed E-state index contributed by atoms with van der Waals surface area (Å²) in [6.07, 6.45) is 0.207. The third kappa shape index (κ3) is 3.40. The van der Waals surface area contributed by atoms with Gasteiger partial charge in [0.25, 0.3) is 0 Å². The van der Waals surface area contributed by atoms with E-state index in [9.17, 15) is 4.79 Å². The van der Waals surface area contributed by atoms with Gasteiger partial charge in [-0.1, -0.05) is 24.4 Å². The van der Waals surface area contributed by atoms with E-state index in [4.69, 9.17) is 24.4 Å². The number of hydrogen-bond donors (Lipinski definition) is 3. The summed E-state index contributed by atoms with van der Waals surface area (Å²) in [5, 5.41) is 8.35. The molecule has 0 fully saturated rings. The lowest BCUT2D eigenvalue weighted by atomic mass is 10.4. The van der Waals surface area contributed by atoms with Crippen LogP contribution in [0.25, 0.3) is 0 Å². The normalized spacial score (nSPS) is 9.67. The predicted molar refractivity (Wildman–Crippen MR) is 58.2 cm³/mol. The van der Waals surface area contributed by atoms with Crippen LogP contribution >= 0.6 is 24.4 Å². The lowest BCUT2D eigenvalue weighted by molar-refractivity contribution is -0.140. The number of nitrogens with zero attached hydrogens (tertiary/aromatic N) is 1. The van der Waals surface area contributed by atoms with E-state index in [1.165, 1.54) is 7.11 Å². The molecule has 0 amide bonds. The lowest BCUT2D eigenvalue weighted by Gasteiger charge is -1.94. The first-order valence-electron chi connectivity index (χ1n) is 4.12. The van der Waals surface area contributed by atoms with E-state index in [1.54, 1.807) is 0 Å². The van der Waals surface area contributed by atoms with Crippen molar-refractivity contribution in [1.29, 1.82) is 0 Å². The van der Waals surface area contributed by atoms with Crippen LogP contribution in [0.1, 0.15) is 6.42 Å². The largest absolute Gasteiger partial charge is 0.469 e. The maximum atomic E-state index is 10.8. The average molecular weight is 246 g/mol. The Morgan fingerprint density at radius 3 is 2.53 bits per heavy atom. The Hall–Kier alpha value is -1.28. The summed E-state index contributed by atoms with van der Waals surface area (Å²) in [5.41, 5.74) is 0. The molecule has 0 unspecified atom stereocenters. The van der Waals surface area contributed by atoms with Crippen molar-refractivity contribution in [3.63, 3.8) is 0 Å². The molecule has 1 heterocycles. The molecule has 0 atom stereocenters. The molecular formula is C7H10N4O2S2. The van der Waals surface area contributed by atoms with Gasteiger partial charge in [-0.15, -0.1) is 0 Å². The number of aromatic amines is 3. The zero-order valence-electron chi connectivity index (χ0n) is 7.99. The van der Waals surface area contributed by atoms with E-state index in [0.717, 1.165) is 0 Å². The SMILES string of the molecule is COC(=O)CCN=c1c(=S)[nH][nH][nH]c1=S. The van der Waals surface area contributed by atoms with Gasteiger partial charge in [0.05, 0.1) is 20.1 Å². The predicted octanol–water partition coefficient (Wildman–Crippen LogP) is 0.594. The molecule has 0 aliphatic heterocycles. The quantitative estimate of drug-likeness (QED) is 0.538. The van der Waals surface area contributed by atoms with Crippen molar-refractivity contribution in [2.45, 2.75) is 6.42 Å². The van der Waals surface area contributed by atoms with Crippen molar-refractivity contribution in [1.82, 2.24) is 15.4 Å². The second kappa shape index (κ2) is 5.56. The van der Waals surface area contributed by atoms with Gasteiger partial charge in [0.15, 0.2) is 0 Å². The molecular weight excluding hydrogens is 236 g/mol. The number of hydrogen-bond acceptors (Lipinski definition) is 5. The van der Waals surface area contributed by atoms with Crippen LogP contribution in [0.5, 0.6) is 0 Å². The first-order valence-corrected chi connectivity index (χ1v) is 4.93. The Morgan fingerprint density at radius 1 is 1.40 bits per heavy atom. The summed E-state index contributed by atoms with van der Waals surface area (Å²) < 4.78 is 5.29. The Kier molecular flexibility index (Phi) is 4.37. The molecule has 0 spiro atoms. The third-order valence-corrected chi connectivity index (χ3v) is 2.19. The summed E-state index contributed by atoms with van der Waals surface area (Å²) in [6.45, 7) is 0.297. The summed E-state index contributed by atoms with van der Waals surface area (Å²) in [4.78, 5) is 14.9. The second-order valence-electron chi connectivity index (χ2n) is 2.59. The summed E-state index contributed by atoms with van der Waals surface area (Å²) in [6, 6.07) is 0. The smallest absolute Gasteiger partial charge is 0.307 e. The van der Waals surface area contributed by atoms with Crippen LogP contribution < -0.4 is 5.36 Å². The molecule has 0 aliphatic rings. The van der Waals surface area contributed by atoms with Gasteiger partial charge in [-0.05, 0) is 0 Å². The minimum absolute atomic E-state index is 0.207. The Labute approximate surface area is 95.4 Å². The first kappa shape index (κ1) is 11.8. The van der Waals surface area contributed by atoms with Crippen LogP contribution in [0.4, 0.5) is 0 Å². The topological polar surface area (TPSA) is 86.0 Å². The molecule has 0 aromatic carbocycles. The number of H-pyrrole nitrogens is 3. The number of esters is 1. The van der Waals surface area contributed by atoms with Gasteiger partial charge in [0.2, 0.25) is 0 Å². The molecule has 0 saturated heterocycles. The first-order chi connectivity index (χ1) is 7.15. The number of nitrogens with one attached hydrogen (secondary N) is 3. The highest BCUT2D eigenvalue weighted by Crippen LogP contribution is 1.84. The molecule has 82 valence electrons. The summed E-state index contributed by atoms with van der Waals surface area (Å²) in [5.74, 6) is -0.314. The zero-order chi connectivity index (χ0) is 11.3.